The quantitative estimate of drug-likeness (QED) is 0.439. The van der Waals surface area contributed by atoms with Crippen molar-refractivity contribution < 1.29 is 19.7 Å². The topological polar surface area (TPSA) is 106 Å². The van der Waals surface area contributed by atoms with Crippen LogP contribution >= 0.6 is 12.6 Å². The van der Waals surface area contributed by atoms with Crippen molar-refractivity contribution in [1.29, 1.82) is 0 Å². The fourth-order valence-electron chi connectivity index (χ4n) is 1.25. The Morgan fingerprint density at radius 3 is 2.82 bits per heavy atom. The average molecular weight is 258 g/mol. The molecule has 0 saturated carbocycles. The van der Waals surface area contributed by atoms with E-state index in [1.807, 2.05) is 0 Å². The minimum absolute atomic E-state index is 0.00756. The molecule has 0 aliphatic rings. The molecule has 1 heterocycles. The summed E-state index contributed by atoms with van der Waals surface area (Å²) in [5, 5.41) is 19.2. The normalized spacial score (nSPS) is 14.1. The number of pyridine rings is 1. The Labute approximate surface area is 104 Å². The van der Waals surface area contributed by atoms with Gasteiger partial charge in [0.1, 0.15) is 17.5 Å². The van der Waals surface area contributed by atoms with Gasteiger partial charge >= 0.3 is 5.97 Å². The largest absolute Gasteiger partial charge is 0.465 e. The standard InChI is InChI=1S/C10H14N2O4S/c1-16-10(15)6-2-5(3-12-9(6)11)8(14)7(13)4-17/h2-3,7-8,13-14,17H,4H2,1H3,(H2,11,12). The fourth-order valence-corrected chi connectivity index (χ4v) is 1.45. The molecule has 0 bridgehead atoms. The molecule has 2 unspecified atom stereocenters. The molecule has 1 aromatic heterocycles. The van der Waals surface area contributed by atoms with Gasteiger partial charge in [-0.2, -0.15) is 12.6 Å². The first kappa shape index (κ1) is 13.8. The van der Waals surface area contributed by atoms with Crippen LogP contribution in [-0.4, -0.2) is 40.1 Å². The first-order valence-corrected chi connectivity index (χ1v) is 5.45. The number of nitrogens with zero attached hydrogens (tertiary/aromatic N) is 1. The van der Waals surface area contributed by atoms with Crippen LogP contribution in [0.2, 0.25) is 0 Å². The number of aliphatic hydroxyl groups is 2. The third-order valence-corrected chi connectivity index (χ3v) is 2.61. The van der Waals surface area contributed by atoms with Crippen LogP contribution in [0.15, 0.2) is 12.3 Å². The number of carbonyl (C=O) groups is 1. The van der Waals surface area contributed by atoms with E-state index >= 15 is 0 Å². The first-order valence-electron chi connectivity index (χ1n) is 4.82. The second-order valence-corrected chi connectivity index (χ2v) is 3.75. The molecule has 6 nitrogen and oxygen atoms in total. The molecule has 0 saturated heterocycles. The van der Waals surface area contributed by atoms with E-state index in [0.717, 1.165) is 0 Å². The summed E-state index contributed by atoms with van der Waals surface area (Å²) in [4.78, 5) is 15.1. The Bertz CT molecular complexity index is 413. The molecular formula is C10H14N2O4S. The number of ether oxygens (including phenoxy) is 1. The highest BCUT2D eigenvalue weighted by molar-refractivity contribution is 7.80. The highest BCUT2D eigenvalue weighted by atomic mass is 32.1. The zero-order valence-corrected chi connectivity index (χ0v) is 10.1. The molecule has 2 atom stereocenters. The van der Waals surface area contributed by atoms with Crippen molar-refractivity contribution in [3.8, 4) is 0 Å². The molecule has 0 aliphatic heterocycles. The number of aliphatic hydroxyl groups excluding tert-OH is 2. The van der Waals surface area contributed by atoms with Crippen LogP contribution in [0.1, 0.15) is 22.0 Å². The number of carbonyl (C=O) groups excluding carboxylic acids is 1. The second-order valence-electron chi connectivity index (χ2n) is 3.39. The van der Waals surface area contributed by atoms with E-state index in [1.54, 1.807) is 0 Å². The van der Waals surface area contributed by atoms with Gasteiger partial charge in [-0.3, -0.25) is 0 Å². The summed E-state index contributed by atoms with van der Waals surface area (Å²) in [6.07, 6.45) is -0.933. The molecule has 94 valence electrons. The van der Waals surface area contributed by atoms with Gasteiger partial charge in [0.25, 0.3) is 0 Å². The summed E-state index contributed by atoms with van der Waals surface area (Å²) >= 11 is 3.86. The van der Waals surface area contributed by atoms with Gasteiger partial charge in [-0.1, -0.05) is 0 Å². The Morgan fingerprint density at radius 1 is 1.65 bits per heavy atom. The van der Waals surface area contributed by atoms with Crippen molar-refractivity contribution in [1.82, 2.24) is 4.98 Å². The van der Waals surface area contributed by atoms with Crippen molar-refractivity contribution in [2.75, 3.05) is 18.6 Å². The van der Waals surface area contributed by atoms with Gasteiger partial charge < -0.3 is 20.7 Å². The Morgan fingerprint density at radius 2 is 2.29 bits per heavy atom. The molecule has 0 aromatic carbocycles. The lowest BCUT2D eigenvalue weighted by molar-refractivity contribution is 0.0334. The van der Waals surface area contributed by atoms with E-state index in [0.29, 0.717) is 0 Å². The summed E-state index contributed by atoms with van der Waals surface area (Å²) in [6.45, 7) is 0. The monoisotopic (exact) mass is 258 g/mol. The summed E-state index contributed by atoms with van der Waals surface area (Å²) in [7, 11) is 1.22. The van der Waals surface area contributed by atoms with E-state index in [-0.39, 0.29) is 22.7 Å². The predicted octanol–water partition coefficient (Wildman–Crippen LogP) is -0.226. The van der Waals surface area contributed by atoms with Crippen LogP contribution in [0.3, 0.4) is 0 Å². The van der Waals surface area contributed by atoms with Gasteiger partial charge in [-0.25, -0.2) is 9.78 Å². The fraction of sp³-hybridized carbons (Fsp3) is 0.400. The Kier molecular flexibility index (Phi) is 4.73. The van der Waals surface area contributed by atoms with Crippen LogP contribution in [0, 0.1) is 0 Å². The number of hydrogen-bond acceptors (Lipinski definition) is 7. The summed E-state index contributed by atoms with van der Waals surface area (Å²) < 4.78 is 4.52. The number of nitrogens with two attached hydrogens (primary N) is 1. The molecule has 4 N–H and O–H groups in total. The highest BCUT2D eigenvalue weighted by Gasteiger charge is 2.20. The number of methoxy groups -OCH3 is 1. The van der Waals surface area contributed by atoms with E-state index < -0.39 is 18.2 Å². The van der Waals surface area contributed by atoms with Gasteiger partial charge in [0.05, 0.1) is 13.2 Å². The maximum absolute atomic E-state index is 11.3. The number of aromatic nitrogens is 1. The maximum atomic E-state index is 11.3. The molecule has 17 heavy (non-hydrogen) atoms. The Balaban J connectivity index is 3.08. The lowest BCUT2D eigenvalue weighted by Gasteiger charge is -2.16. The number of anilines is 1. The molecule has 0 amide bonds. The van der Waals surface area contributed by atoms with Gasteiger partial charge in [-0.05, 0) is 6.07 Å². The first-order chi connectivity index (χ1) is 8.01. The third-order valence-electron chi connectivity index (χ3n) is 2.24. The lowest BCUT2D eigenvalue weighted by atomic mass is 10.1. The third kappa shape index (κ3) is 3.09. The van der Waals surface area contributed by atoms with Crippen molar-refractivity contribution in [3.63, 3.8) is 0 Å². The smallest absolute Gasteiger partial charge is 0.341 e. The van der Waals surface area contributed by atoms with Gasteiger partial charge in [0, 0.05) is 17.5 Å². The van der Waals surface area contributed by atoms with E-state index in [1.165, 1.54) is 19.4 Å². The molecule has 0 fully saturated rings. The predicted molar refractivity (Wildman–Crippen MR) is 64.8 cm³/mol. The number of hydrogen-bond donors (Lipinski definition) is 4. The second kappa shape index (κ2) is 5.85. The molecule has 0 radical (unpaired) electrons. The molecule has 0 aliphatic carbocycles. The summed E-state index contributed by atoms with van der Waals surface area (Å²) in [6, 6.07) is 1.34. The average Bonchev–Trinajstić information content (AvgIpc) is 2.36. The van der Waals surface area contributed by atoms with Gasteiger partial charge in [0.15, 0.2) is 0 Å². The van der Waals surface area contributed by atoms with E-state index in [9.17, 15) is 15.0 Å². The SMILES string of the molecule is COC(=O)c1cc(C(O)C(O)CS)cnc1N. The molecule has 1 aromatic rings. The highest BCUT2D eigenvalue weighted by Crippen LogP contribution is 2.21. The van der Waals surface area contributed by atoms with E-state index in [2.05, 4.69) is 22.3 Å². The van der Waals surface area contributed by atoms with Crippen molar-refractivity contribution in [3.05, 3.63) is 23.4 Å². The molecule has 0 spiro atoms. The number of rotatable bonds is 4. The van der Waals surface area contributed by atoms with Crippen molar-refractivity contribution in [2.45, 2.75) is 12.2 Å². The van der Waals surface area contributed by atoms with Crippen LogP contribution in [0.25, 0.3) is 0 Å². The number of thiol groups is 1. The van der Waals surface area contributed by atoms with Gasteiger partial charge in [0.2, 0.25) is 0 Å². The Hall–Kier alpha value is -1.31. The maximum Gasteiger partial charge on any atom is 0.341 e. The van der Waals surface area contributed by atoms with Crippen LogP contribution < -0.4 is 5.73 Å². The molecule has 7 heteroatoms. The zero-order valence-electron chi connectivity index (χ0n) is 9.20. The minimum atomic E-state index is -1.18. The molecular weight excluding hydrogens is 244 g/mol. The number of esters is 1. The summed E-state index contributed by atoms with van der Waals surface area (Å²) in [5.74, 6) is -0.559. The lowest BCUT2D eigenvalue weighted by Crippen LogP contribution is -2.20. The van der Waals surface area contributed by atoms with Gasteiger partial charge in [-0.15, -0.1) is 0 Å². The van der Waals surface area contributed by atoms with Crippen molar-refractivity contribution in [2.24, 2.45) is 0 Å². The van der Waals surface area contributed by atoms with Crippen molar-refractivity contribution >= 4 is 24.4 Å². The zero-order chi connectivity index (χ0) is 13.0. The molecule has 1 rings (SSSR count). The van der Waals surface area contributed by atoms with Crippen LogP contribution in [0.5, 0.6) is 0 Å². The minimum Gasteiger partial charge on any atom is -0.465 e. The van der Waals surface area contributed by atoms with E-state index in [4.69, 9.17) is 5.73 Å². The number of nitrogen functional groups attached to an aromatic ring is 1. The van der Waals surface area contributed by atoms with Crippen LogP contribution in [-0.2, 0) is 4.74 Å². The summed E-state index contributed by atoms with van der Waals surface area (Å²) in [5.41, 5.74) is 5.83. The van der Waals surface area contributed by atoms with Crippen LogP contribution in [0.4, 0.5) is 5.82 Å².